The lowest BCUT2D eigenvalue weighted by molar-refractivity contribution is -0.128. The molecule has 0 aromatic heterocycles. The minimum Gasteiger partial charge on any atom is -0.381 e. The number of hydrogen-bond donors (Lipinski definition) is 2. The van der Waals surface area contributed by atoms with Crippen LogP contribution in [0.4, 0.5) is 0 Å². The van der Waals surface area contributed by atoms with Gasteiger partial charge in [-0.3, -0.25) is 4.79 Å². The van der Waals surface area contributed by atoms with Crippen LogP contribution in [0.1, 0.15) is 46.0 Å². The van der Waals surface area contributed by atoms with Crippen molar-refractivity contribution in [3.05, 3.63) is 0 Å². The Morgan fingerprint density at radius 1 is 1.26 bits per heavy atom. The number of carbonyl (C=O) groups is 1. The molecular weight excluding hydrogens is 240 g/mol. The lowest BCUT2D eigenvalue weighted by atomic mass is 9.77. The maximum Gasteiger partial charge on any atom is 0.224 e. The van der Waals surface area contributed by atoms with Gasteiger partial charge in [-0.1, -0.05) is 13.3 Å². The number of nitrogens with two attached hydrogens (primary N) is 1. The third-order valence-corrected chi connectivity index (χ3v) is 4.98. The molecule has 3 N–H and O–H groups in total. The van der Waals surface area contributed by atoms with Crippen molar-refractivity contribution in [2.24, 2.45) is 23.5 Å². The SMILES string of the molecule is CC1CCCC(C(=O)NC(C)C2CCOCC2)C1N. The smallest absolute Gasteiger partial charge is 0.224 e. The topological polar surface area (TPSA) is 64.3 Å². The first kappa shape index (κ1) is 14.8. The van der Waals surface area contributed by atoms with Gasteiger partial charge in [-0.05, 0) is 44.4 Å². The highest BCUT2D eigenvalue weighted by Gasteiger charge is 2.34. The molecule has 4 unspecified atom stereocenters. The molecule has 1 amide bonds. The highest BCUT2D eigenvalue weighted by molar-refractivity contribution is 5.79. The van der Waals surface area contributed by atoms with Gasteiger partial charge in [-0.25, -0.2) is 0 Å². The Labute approximate surface area is 116 Å². The first-order valence-corrected chi connectivity index (χ1v) is 7.73. The number of rotatable bonds is 3. The number of carbonyl (C=O) groups excluding carboxylic acids is 1. The summed E-state index contributed by atoms with van der Waals surface area (Å²) in [7, 11) is 0. The van der Waals surface area contributed by atoms with Gasteiger partial charge < -0.3 is 15.8 Å². The highest BCUT2D eigenvalue weighted by Crippen LogP contribution is 2.28. The van der Waals surface area contributed by atoms with Gasteiger partial charge in [-0.15, -0.1) is 0 Å². The zero-order valence-electron chi connectivity index (χ0n) is 12.2. The van der Waals surface area contributed by atoms with Gasteiger partial charge in [0.05, 0.1) is 5.92 Å². The van der Waals surface area contributed by atoms with Crippen LogP contribution in [0.2, 0.25) is 0 Å². The average Bonchev–Trinajstić information content (AvgIpc) is 2.42. The van der Waals surface area contributed by atoms with E-state index in [4.69, 9.17) is 10.5 Å². The van der Waals surface area contributed by atoms with Crippen LogP contribution >= 0.6 is 0 Å². The lowest BCUT2D eigenvalue weighted by Gasteiger charge is -2.35. The summed E-state index contributed by atoms with van der Waals surface area (Å²) in [6, 6.07) is 0.261. The first-order chi connectivity index (χ1) is 9.09. The fourth-order valence-corrected chi connectivity index (χ4v) is 3.41. The lowest BCUT2D eigenvalue weighted by Crippen LogP contribution is -2.50. The summed E-state index contributed by atoms with van der Waals surface area (Å²) < 4.78 is 5.37. The average molecular weight is 268 g/mol. The summed E-state index contributed by atoms with van der Waals surface area (Å²) in [5.41, 5.74) is 6.20. The Bertz CT molecular complexity index is 303. The van der Waals surface area contributed by atoms with E-state index in [0.717, 1.165) is 45.3 Å². The Morgan fingerprint density at radius 2 is 1.95 bits per heavy atom. The van der Waals surface area contributed by atoms with Crippen molar-refractivity contribution in [1.82, 2.24) is 5.32 Å². The van der Waals surface area contributed by atoms with Crippen molar-refractivity contribution >= 4 is 5.91 Å². The van der Waals surface area contributed by atoms with Crippen LogP contribution in [0.15, 0.2) is 0 Å². The van der Waals surface area contributed by atoms with Crippen molar-refractivity contribution in [3.8, 4) is 0 Å². The van der Waals surface area contributed by atoms with Gasteiger partial charge in [0.25, 0.3) is 0 Å². The molecule has 0 spiro atoms. The molecule has 1 aliphatic heterocycles. The largest absolute Gasteiger partial charge is 0.381 e. The molecule has 0 aromatic rings. The van der Waals surface area contributed by atoms with E-state index in [1.165, 1.54) is 0 Å². The second-order valence-electron chi connectivity index (χ2n) is 6.34. The normalized spacial score (nSPS) is 34.8. The second-order valence-corrected chi connectivity index (χ2v) is 6.34. The fourth-order valence-electron chi connectivity index (χ4n) is 3.41. The van der Waals surface area contributed by atoms with E-state index in [9.17, 15) is 4.79 Å². The van der Waals surface area contributed by atoms with E-state index in [-0.39, 0.29) is 23.9 Å². The molecule has 110 valence electrons. The molecular formula is C15H28N2O2. The Morgan fingerprint density at radius 3 is 2.63 bits per heavy atom. The summed E-state index contributed by atoms with van der Waals surface area (Å²) in [5.74, 6) is 1.18. The van der Waals surface area contributed by atoms with Crippen LogP contribution in [0.25, 0.3) is 0 Å². The molecule has 4 heteroatoms. The molecule has 1 heterocycles. The van der Waals surface area contributed by atoms with Gasteiger partial charge >= 0.3 is 0 Å². The van der Waals surface area contributed by atoms with E-state index >= 15 is 0 Å². The summed E-state index contributed by atoms with van der Waals surface area (Å²) in [6.07, 6.45) is 5.32. The Balaban J connectivity index is 1.85. The van der Waals surface area contributed by atoms with Crippen molar-refractivity contribution in [3.63, 3.8) is 0 Å². The first-order valence-electron chi connectivity index (χ1n) is 7.73. The molecule has 4 atom stereocenters. The molecule has 2 aliphatic rings. The Kier molecular flexibility index (Phi) is 5.22. The van der Waals surface area contributed by atoms with E-state index in [2.05, 4.69) is 19.2 Å². The van der Waals surface area contributed by atoms with Crippen LogP contribution in [0.5, 0.6) is 0 Å². The monoisotopic (exact) mass is 268 g/mol. The van der Waals surface area contributed by atoms with E-state index < -0.39 is 0 Å². The van der Waals surface area contributed by atoms with Crippen LogP contribution in [0, 0.1) is 17.8 Å². The molecule has 0 aromatic carbocycles. The van der Waals surface area contributed by atoms with Gasteiger partial charge in [0.1, 0.15) is 0 Å². The van der Waals surface area contributed by atoms with Crippen molar-refractivity contribution in [1.29, 1.82) is 0 Å². The van der Waals surface area contributed by atoms with Gasteiger partial charge in [0, 0.05) is 25.3 Å². The summed E-state index contributed by atoms with van der Waals surface area (Å²) in [6.45, 7) is 5.92. The van der Waals surface area contributed by atoms with E-state index in [0.29, 0.717) is 11.8 Å². The molecule has 1 saturated carbocycles. The predicted molar refractivity (Wildman–Crippen MR) is 75.6 cm³/mol. The summed E-state index contributed by atoms with van der Waals surface area (Å²) >= 11 is 0. The zero-order chi connectivity index (χ0) is 13.8. The second kappa shape index (κ2) is 6.71. The molecule has 1 aliphatic carbocycles. The van der Waals surface area contributed by atoms with Gasteiger partial charge in [0.15, 0.2) is 0 Å². The minimum atomic E-state index is 0.00559. The van der Waals surface area contributed by atoms with Crippen LogP contribution in [0.3, 0.4) is 0 Å². The maximum absolute atomic E-state index is 12.4. The van der Waals surface area contributed by atoms with Crippen LogP contribution in [-0.4, -0.2) is 31.2 Å². The summed E-state index contributed by atoms with van der Waals surface area (Å²) in [4.78, 5) is 12.4. The third-order valence-electron chi connectivity index (χ3n) is 4.98. The number of hydrogen-bond acceptors (Lipinski definition) is 3. The zero-order valence-corrected chi connectivity index (χ0v) is 12.2. The van der Waals surface area contributed by atoms with Crippen LogP contribution < -0.4 is 11.1 Å². The quantitative estimate of drug-likeness (QED) is 0.818. The van der Waals surface area contributed by atoms with Crippen molar-refractivity contribution < 1.29 is 9.53 Å². The molecule has 0 bridgehead atoms. The highest BCUT2D eigenvalue weighted by atomic mass is 16.5. The van der Waals surface area contributed by atoms with Gasteiger partial charge in [-0.2, -0.15) is 0 Å². The molecule has 0 radical (unpaired) electrons. The van der Waals surface area contributed by atoms with Crippen molar-refractivity contribution in [2.45, 2.75) is 58.0 Å². The molecule has 2 fully saturated rings. The molecule has 19 heavy (non-hydrogen) atoms. The molecule has 1 saturated heterocycles. The van der Waals surface area contributed by atoms with E-state index in [1.807, 2.05) is 0 Å². The number of amides is 1. The van der Waals surface area contributed by atoms with Gasteiger partial charge in [0.2, 0.25) is 5.91 Å². The Hall–Kier alpha value is -0.610. The standard InChI is InChI=1S/C15H28N2O2/c1-10-4-3-5-13(14(10)16)15(18)17-11(2)12-6-8-19-9-7-12/h10-14H,3-9,16H2,1-2H3,(H,17,18). The summed E-state index contributed by atoms with van der Waals surface area (Å²) in [5, 5.41) is 3.20. The molecule has 2 rings (SSSR count). The fraction of sp³-hybridized carbons (Fsp3) is 0.933. The predicted octanol–water partition coefficient (Wildman–Crippen LogP) is 1.68. The third kappa shape index (κ3) is 3.69. The van der Waals surface area contributed by atoms with Crippen LogP contribution in [-0.2, 0) is 9.53 Å². The minimum absolute atomic E-state index is 0.00559. The van der Waals surface area contributed by atoms with E-state index in [1.54, 1.807) is 0 Å². The number of ether oxygens (including phenoxy) is 1. The molecule has 4 nitrogen and oxygen atoms in total. The van der Waals surface area contributed by atoms with Crippen molar-refractivity contribution in [2.75, 3.05) is 13.2 Å². The number of nitrogens with one attached hydrogen (secondary N) is 1. The maximum atomic E-state index is 12.4.